The quantitative estimate of drug-likeness (QED) is 0.894. The monoisotopic (exact) mass is 314 g/mol. The molecule has 1 aliphatic heterocycles. The van der Waals surface area contributed by atoms with E-state index in [2.05, 4.69) is 0 Å². The molecule has 0 saturated heterocycles. The van der Waals surface area contributed by atoms with Crippen molar-refractivity contribution in [2.24, 2.45) is 7.05 Å². The summed E-state index contributed by atoms with van der Waals surface area (Å²) in [6, 6.07) is 8.41. The fourth-order valence-corrected chi connectivity index (χ4v) is 2.62. The van der Waals surface area contributed by atoms with Crippen LogP contribution in [0.25, 0.3) is 0 Å². The Morgan fingerprint density at radius 3 is 2.87 bits per heavy atom. The summed E-state index contributed by atoms with van der Waals surface area (Å²) in [5.41, 5.74) is 1.96. The lowest BCUT2D eigenvalue weighted by Crippen LogP contribution is -2.33. The summed E-state index contributed by atoms with van der Waals surface area (Å²) in [5, 5.41) is 9.27. The van der Waals surface area contributed by atoms with Crippen molar-refractivity contribution in [3.8, 4) is 5.75 Å². The molecule has 0 saturated carbocycles. The van der Waals surface area contributed by atoms with Crippen LogP contribution in [0.1, 0.15) is 21.5 Å². The van der Waals surface area contributed by atoms with Crippen molar-refractivity contribution in [3.63, 3.8) is 0 Å². The fraction of sp³-hybridized carbons (Fsp3) is 0.294. The van der Waals surface area contributed by atoms with Crippen molar-refractivity contribution < 1.29 is 14.6 Å². The van der Waals surface area contributed by atoms with E-state index in [1.807, 2.05) is 18.2 Å². The van der Waals surface area contributed by atoms with Crippen LogP contribution >= 0.6 is 0 Å². The number of nitrogens with zero attached hydrogens (tertiary/aromatic N) is 2. The van der Waals surface area contributed by atoms with Gasteiger partial charge in [-0.1, -0.05) is 6.07 Å². The molecule has 1 aromatic carbocycles. The molecule has 0 bridgehead atoms. The number of rotatable bonds is 2. The average molecular weight is 314 g/mol. The highest BCUT2D eigenvalue weighted by atomic mass is 16.5. The van der Waals surface area contributed by atoms with Crippen LogP contribution in [-0.2, 0) is 20.2 Å². The molecular weight excluding hydrogens is 296 g/mol. The predicted octanol–water partition coefficient (Wildman–Crippen LogP) is 0.912. The Labute approximate surface area is 133 Å². The molecule has 6 nitrogen and oxygen atoms in total. The third-order valence-corrected chi connectivity index (χ3v) is 3.91. The molecule has 23 heavy (non-hydrogen) atoms. The lowest BCUT2D eigenvalue weighted by atomic mass is 10.1. The van der Waals surface area contributed by atoms with E-state index in [1.54, 1.807) is 24.2 Å². The third-order valence-electron chi connectivity index (χ3n) is 3.91. The van der Waals surface area contributed by atoms with Crippen LogP contribution in [0.4, 0.5) is 0 Å². The van der Waals surface area contributed by atoms with E-state index < -0.39 is 0 Å². The molecule has 1 amide bonds. The minimum atomic E-state index is -0.154. The number of hydrogen-bond donors (Lipinski definition) is 1. The maximum Gasteiger partial charge on any atom is 0.255 e. The zero-order valence-corrected chi connectivity index (χ0v) is 12.9. The number of aliphatic hydroxyl groups is 1. The molecule has 6 heteroatoms. The van der Waals surface area contributed by atoms with Gasteiger partial charge < -0.3 is 19.3 Å². The van der Waals surface area contributed by atoms with Crippen molar-refractivity contribution in [3.05, 3.63) is 63.6 Å². The molecule has 1 N–H and O–H groups in total. The number of pyridine rings is 1. The molecule has 0 spiro atoms. The van der Waals surface area contributed by atoms with Crippen molar-refractivity contribution in [1.29, 1.82) is 0 Å². The molecule has 0 fully saturated rings. The second-order valence-electron chi connectivity index (χ2n) is 5.54. The Morgan fingerprint density at radius 1 is 1.30 bits per heavy atom. The van der Waals surface area contributed by atoms with Gasteiger partial charge in [-0.3, -0.25) is 9.59 Å². The minimum absolute atomic E-state index is 0.0535. The number of ether oxygens (including phenoxy) is 1. The molecule has 0 unspecified atom stereocenters. The van der Waals surface area contributed by atoms with Crippen LogP contribution in [0, 0.1) is 0 Å². The smallest absolute Gasteiger partial charge is 0.255 e. The highest BCUT2D eigenvalue weighted by Crippen LogP contribution is 2.25. The van der Waals surface area contributed by atoms with Crippen molar-refractivity contribution in [2.45, 2.75) is 13.2 Å². The van der Waals surface area contributed by atoms with Gasteiger partial charge in [-0.2, -0.15) is 0 Å². The Balaban J connectivity index is 1.88. The number of carbonyl (C=O) groups excluding carboxylic acids is 1. The Hall–Kier alpha value is -2.60. The lowest BCUT2D eigenvalue weighted by Gasteiger charge is -2.20. The van der Waals surface area contributed by atoms with E-state index >= 15 is 0 Å². The van der Waals surface area contributed by atoms with Gasteiger partial charge in [0.2, 0.25) is 5.56 Å². The van der Waals surface area contributed by atoms with Gasteiger partial charge in [0, 0.05) is 31.4 Å². The van der Waals surface area contributed by atoms with Gasteiger partial charge >= 0.3 is 0 Å². The molecule has 1 aliphatic rings. The number of aliphatic hydroxyl groups excluding tert-OH is 1. The lowest BCUT2D eigenvalue weighted by molar-refractivity contribution is 0.0732. The highest BCUT2D eigenvalue weighted by Gasteiger charge is 2.21. The van der Waals surface area contributed by atoms with Gasteiger partial charge in [0.15, 0.2) is 0 Å². The summed E-state index contributed by atoms with van der Waals surface area (Å²) >= 11 is 0. The summed E-state index contributed by atoms with van der Waals surface area (Å²) in [4.78, 5) is 25.8. The van der Waals surface area contributed by atoms with Gasteiger partial charge in [-0.25, -0.2) is 0 Å². The molecule has 120 valence electrons. The number of fused-ring (bicyclic) bond motifs is 1. The van der Waals surface area contributed by atoms with E-state index in [-0.39, 0.29) is 18.1 Å². The van der Waals surface area contributed by atoms with Crippen molar-refractivity contribution >= 4 is 5.91 Å². The Bertz CT molecular complexity index is 797. The van der Waals surface area contributed by atoms with Crippen LogP contribution < -0.4 is 10.3 Å². The summed E-state index contributed by atoms with van der Waals surface area (Å²) in [6.45, 7) is 1.22. The number of carbonyl (C=O) groups is 1. The number of aromatic nitrogens is 1. The van der Waals surface area contributed by atoms with Gasteiger partial charge in [0.1, 0.15) is 12.4 Å². The molecule has 2 aromatic rings. The first-order valence-corrected chi connectivity index (χ1v) is 7.40. The van der Waals surface area contributed by atoms with Crippen LogP contribution in [0.2, 0.25) is 0 Å². The minimum Gasteiger partial charge on any atom is -0.491 e. The standard InChI is InChI=1S/C17H18N2O4/c1-18-9-13(3-5-16(18)21)17(22)19-6-7-23-15-4-2-12(11-20)8-14(15)10-19/h2-5,8-9,20H,6-7,10-11H2,1H3. The van der Waals surface area contributed by atoms with Gasteiger partial charge in [0.05, 0.1) is 18.7 Å². The van der Waals surface area contributed by atoms with Crippen molar-refractivity contribution in [2.75, 3.05) is 13.2 Å². The maximum atomic E-state index is 12.7. The highest BCUT2D eigenvalue weighted by molar-refractivity contribution is 5.94. The second kappa shape index (κ2) is 6.26. The number of amides is 1. The Morgan fingerprint density at radius 2 is 2.13 bits per heavy atom. The van der Waals surface area contributed by atoms with Crippen LogP contribution in [-0.4, -0.2) is 33.6 Å². The summed E-state index contributed by atoms with van der Waals surface area (Å²) in [5.74, 6) is 0.587. The molecule has 3 rings (SSSR count). The largest absolute Gasteiger partial charge is 0.491 e. The van der Waals surface area contributed by atoms with Crippen LogP contribution in [0.15, 0.2) is 41.3 Å². The van der Waals surface area contributed by atoms with E-state index in [0.29, 0.717) is 25.3 Å². The summed E-state index contributed by atoms with van der Waals surface area (Å²) in [6.07, 6.45) is 1.54. The van der Waals surface area contributed by atoms with Crippen LogP contribution in [0.5, 0.6) is 5.75 Å². The molecule has 0 aliphatic carbocycles. The normalized spacial score (nSPS) is 13.9. The van der Waals surface area contributed by atoms with E-state index in [0.717, 1.165) is 16.9 Å². The molecule has 0 radical (unpaired) electrons. The number of benzene rings is 1. The zero-order chi connectivity index (χ0) is 16.4. The van der Waals surface area contributed by atoms with E-state index in [1.165, 1.54) is 10.6 Å². The summed E-state index contributed by atoms with van der Waals surface area (Å²) < 4.78 is 7.06. The summed E-state index contributed by atoms with van der Waals surface area (Å²) in [7, 11) is 1.62. The van der Waals surface area contributed by atoms with Gasteiger partial charge in [-0.05, 0) is 23.8 Å². The van der Waals surface area contributed by atoms with Gasteiger partial charge in [-0.15, -0.1) is 0 Å². The Kier molecular flexibility index (Phi) is 4.16. The SMILES string of the molecule is Cn1cc(C(=O)N2CCOc3ccc(CO)cc3C2)ccc1=O. The zero-order valence-electron chi connectivity index (χ0n) is 12.9. The molecule has 2 heterocycles. The van der Waals surface area contributed by atoms with Gasteiger partial charge in [0.25, 0.3) is 5.91 Å². The molecular formula is C17H18N2O4. The third kappa shape index (κ3) is 3.12. The predicted molar refractivity (Wildman–Crippen MR) is 84.3 cm³/mol. The molecule has 1 aromatic heterocycles. The van der Waals surface area contributed by atoms with Crippen molar-refractivity contribution in [1.82, 2.24) is 9.47 Å². The average Bonchev–Trinajstić information content (AvgIpc) is 2.78. The number of hydrogen-bond acceptors (Lipinski definition) is 4. The number of aryl methyl sites for hydroxylation is 1. The van der Waals surface area contributed by atoms with E-state index in [4.69, 9.17) is 4.74 Å². The fourth-order valence-electron chi connectivity index (χ4n) is 2.62. The first-order chi connectivity index (χ1) is 11.1. The first kappa shape index (κ1) is 15.3. The van der Waals surface area contributed by atoms with E-state index in [9.17, 15) is 14.7 Å². The van der Waals surface area contributed by atoms with Crippen LogP contribution in [0.3, 0.4) is 0 Å². The first-order valence-electron chi connectivity index (χ1n) is 7.40. The maximum absolute atomic E-state index is 12.7. The second-order valence-corrected chi connectivity index (χ2v) is 5.54. The topological polar surface area (TPSA) is 71.8 Å². The molecule has 0 atom stereocenters.